The molecule has 0 spiro atoms. The number of methoxy groups -OCH3 is 1. The molecule has 3 saturated carbocycles. The molecule has 7 atom stereocenters. The average molecular weight is 672 g/mol. The van der Waals surface area contributed by atoms with Crippen molar-refractivity contribution in [3.8, 4) is 11.5 Å². The summed E-state index contributed by atoms with van der Waals surface area (Å²) in [6.45, 7) is 3.02. The molecule has 0 unspecified atom stereocenters. The molecule has 4 aliphatic carbocycles. The second kappa shape index (κ2) is 13.7. The minimum Gasteiger partial charge on any atom is -0.493 e. The Balaban J connectivity index is 1.17. The van der Waals surface area contributed by atoms with Crippen molar-refractivity contribution in [1.82, 2.24) is 0 Å². The Kier molecular flexibility index (Phi) is 9.97. The molecule has 0 aromatic heterocycles. The molecule has 14 nitrogen and oxygen atoms in total. The van der Waals surface area contributed by atoms with Gasteiger partial charge in [-0.05, 0) is 87.1 Å². The minimum absolute atomic E-state index is 0.00430. The predicted octanol–water partition coefficient (Wildman–Crippen LogP) is 3.93. The normalized spacial score (nSPS) is 31.8. The van der Waals surface area contributed by atoms with E-state index in [1.165, 1.54) is 25.3 Å². The molecule has 4 aliphatic rings. The Morgan fingerprint density at radius 2 is 1.83 bits per heavy atom. The smallest absolute Gasteiger partial charge is 0.493 e. The summed E-state index contributed by atoms with van der Waals surface area (Å²) in [6, 6.07) is 3.92. The number of unbranched alkanes of at least 4 members (excludes halogenated alkanes) is 1. The van der Waals surface area contributed by atoms with Gasteiger partial charge >= 0.3 is 12.1 Å². The third-order valence-electron chi connectivity index (χ3n) is 11.0. The third-order valence-corrected chi connectivity index (χ3v) is 11.0. The minimum atomic E-state index is -1.83. The molecule has 3 fully saturated rings. The maximum Gasteiger partial charge on any atom is 0.514 e. The Morgan fingerprint density at radius 3 is 2.56 bits per heavy atom. The molecule has 0 bridgehead atoms. The van der Waals surface area contributed by atoms with Gasteiger partial charge in [0.2, 0.25) is 5.78 Å². The maximum atomic E-state index is 13.6. The lowest BCUT2D eigenvalue weighted by Crippen LogP contribution is -2.61. The monoisotopic (exact) mass is 671 g/mol. The van der Waals surface area contributed by atoms with Crippen LogP contribution in [0.5, 0.6) is 11.5 Å². The highest BCUT2D eigenvalue weighted by atomic mass is 16.9. The van der Waals surface area contributed by atoms with Gasteiger partial charge in [0, 0.05) is 16.7 Å². The topological polar surface area (TPSA) is 198 Å². The molecule has 48 heavy (non-hydrogen) atoms. The summed E-state index contributed by atoms with van der Waals surface area (Å²) in [5.74, 6) is -1.70. The first kappa shape index (κ1) is 35.0. The number of aliphatic hydroxyl groups excluding tert-OH is 1. The Labute approximate surface area is 277 Å². The quantitative estimate of drug-likeness (QED) is 0.107. The average Bonchev–Trinajstić information content (AvgIpc) is 3.32. The van der Waals surface area contributed by atoms with Crippen molar-refractivity contribution in [2.24, 2.45) is 28.6 Å². The van der Waals surface area contributed by atoms with E-state index in [4.69, 9.17) is 18.9 Å². The first-order valence-corrected chi connectivity index (χ1v) is 16.1. The van der Waals surface area contributed by atoms with E-state index >= 15 is 0 Å². The van der Waals surface area contributed by atoms with Crippen LogP contribution in [0.3, 0.4) is 0 Å². The number of hydrogen-bond donors (Lipinski definition) is 2. The van der Waals surface area contributed by atoms with Gasteiger partial charge in [-0.15, -0.1) is 10.1 Å². The van der Waals surface area contributed by atoms with E-state index in [1.54, 1.807) is 12.2 Å². The molecule has 0 aliphatic heterocycles. The number of hydrogen-bond acceptors (Lipinski definition) is 13. The molecule has 2 N–H and O–H groups in total. The number of benzene rings is 1. The summed E-state index contributed by atoms with van der Waals surface area (Å²) in [5, 5.41) is 32.7. The van der Waals surface area contributed by atoms with Gasteiger partial charge in [-0.2, -0.15) is 0 Å². The number of ketones is 2. The number of carbonyl (C=O) groups is 4. The zero-order valence-electron chi connectivity index (χ0n) is 27.2. The lowest BCUT2D eigenvalue weighted by molar-refractivity contribution is -0.757. The molecular weight excluding hydrogens is 630 g/mol. The number of aliphatic hydroxyl groups is 2. The fourth-order valence-electron chi connectivity index (χ4n) is 8.62. The fraction of sp³-hybridized carbons (Fsp3) is 0.588. The zero-order valence-corrected chi connectivity index (χ0v) is 27.2. The first-order valence-electron chi connectivity index (χ1n) is 16.1. The lowest BCUT2D eigenvalue weighted by atomic mass is 9.46. The summed E-state index contributed by atoms with van der Waals surface area (Å²) in [6.07, 6.45) is 6.08. The zero-order chi connectivity index (χ0) is 34.9. The van der Waals surface area contributed by atoms with Crippen LogP contribution in [0.2, 0.25) is 0 Å². The van der Waals surface area contributed by atoms with Gasteiger partial charge in [0.15, 0.2) is 23.9 Å². The number of esters is 1. The molecule has 0 amide bonds. The molecule has 0 radical (unpaired) electrons. The molecule has 1 aromatic rings. The van der Waals surface area contributed by atoms with E-state index < -0.39 is 52.1 Å². The van der Waals surface area contributed by atoms with E-state index in [9.17, 15) is 39.5 Å². The first-order chi connectivity index (χ1) is 22.7. The number of ether oxygens (including phenoxy) is 4. The van der Waals surface area contributed by atoms with E-state index in [2.05, 4.69) is 4.84 Å². The van der Waals surface area contributed by atoms with Crippen LogP contribution in [0.4, 0.5) is 4.79 Å². The molecule has 260 valence electrons. The van der Waals surface area contributed by atoms with Crippen LogP contribution in [0.1, 0.15) is 69.2 Å². The SMILES string of the molecule is COc1cc(C(=O)OCCCCO[N+](=O)[O-])ccc1OC(=O)OCC(=O)[C@@]1(O)CC[C@H]2[C@@H]3CCC4=CC(=O)C=C[C@]4(C)[C@H]3[C@@H](O)C[C@@]21C. The van der Waals surface area contributed by atoms with Crippen molar-refractivity contribution in [2.45, 2.75) is 70.5 Å². The van der Waals surface area contributed by atoms with Crippen LogP contribution in [0.25, 0.3) is 0 Å². The third kappa shape index (κ3) is 6.42. The molecular formula is C34H41NO13. The van der Waals surface area contributed by atoms with Gasteiger partial charge < -0.3 is 34.0 Å². The Hall–Kier alpha value is -4.30. The van der Waals surface area contributed by atoms with Crippen LogP contribution >= 0.6 is 0 Å². The second-order valence-electron chi connectivity index (χ2n) is 13.4. The van der Waals surface area contributed by atoms with Crippen molar-refractivity contribution in [2.75, 3.05) is 26.9 Å². The van der Waals surface area contributed by atoms with E-state index in [1.807, 2.05) is 19.9 Å². The Morgan fingerprint density at radius 1 is 1.08 bits per heavy atom. The van der Waals surface area contributed by atoms with Gasteiger partial charge in [0.25, 0.3) is 5.09 Å². The van der Waals surface area contributed by atoms with Gasteiger partial charge in [0.1, 0.15) is 5.60 Å². The number of allylic oxidation sites excluding steroid dienone is 4. The number of nitrogens with zero attached hydrogens (tertiary/aromatic N) is 1. The summed E-state index contributed by atoms with van der Waals surface area (Å²) in [4.78, 5) is 65.0. The summed E-state index contributed by atoms with van der Waals surface area (Å²) >= 11 is 0. The number of fused-ring (bicyclic) bond motifs is 5. The van der Waals surface area contributed by atoms with Gasteiger partial charge in [-0.3, -0.25) is 9.59 Å². The summed E-state index contributed by atoms with van der Waals surface area (Å²) < 4.78 is 20.8. The van der Waals surface area contributed by atoms with Crippen LogP contribution in [-0.4, -0.2) is 77.6 Å². The van der Waals surface area contributed by atoms with Gasteiger partial charge in [0.05, 0.1) is 32.0 Å². The largest absolute Gasteiger partial charge is 0.514 e. The molecule has 14 heteroatoms. The van der Waals surface area contributed by atoms with E-state index in [-0.39, 0.29) is 66.7 Å². The highest BCUT2D eigenvalue weighted by Crippen LogP contribution is 2.67. The highest BCUT2D eigenvalue weighted by Gasteiger charge is 2.68. The van der Waals surface area contributed by atoms with E-state index in [0.29, 0.717) is 25.7 Å². The predicted molar refractivity (Wildman–Crippen MR) is 165 cm³/mol. The lowest BCUT2D eigenvalue weighted by Gasteiger charge is -2.59. The van der Waals surface area contributed by atoms with Crippen molar-refractivity contribution in [1.29, 1.82) is 0 Å². The van der Waals surface area contributed by atoms with E-state index in [0.717, 1.165) is 12.0 Å². The molecule has 0 saturated heterocycles. The number of Topliss-reactive ketones (excluding diaryl/α,β-unsaturated/α-hetero) is 1. The molecule has 5 rings (SSSR count). The Bertz CT molecular complexity index is 1540. The van der Waals surface area contributed by atoms with Crippen LogP contribution in [-0.2, 0) is 23.9 Å². The van der Waals surface area contributed by atoms with Crippen molar-refractivity contribution in [3.05, 3.63) is 57.7 Å². The van der Waals surface area contributed by atoms with Gasteiger partial charge in [-0.25, -0.2) is 9.59 Å². The summed E-state index contributed by atoms with van der Waals surface area (Å²) in [7, 11) is 1.30. The highest BCUT2D eigenvalue weighted by molar-refractivity contribution is 6.01. The van der Waals surface area contributed by atoms with Crippen LogP contribution < -0.4 is 9.47 Å². The van der Waals surface area contributed by atoms with Crippen molar-refractivity contribution in [3.63, 3.8) is 0 Å². The number of carbonyl (C=O) groups excluding carboxylic acids is 4. The maximum absolute atomic E-state index is 13.6. The second-order valence-corrected chi connectivity index (χ2v) is 13.4. The fourth-order valence-corrected chi connectivity index (χ4v) is 8.62. The number of rotatable bonds is 12. The summed E-state index contributed by atoms with van der Waals surface area (Å²) in [5.41, 5.74) is -2.16. The van der Waals surface area contributed by atoms with Crippen LogP contribution in [0, 0.1) is 38.7 Å². The molecule has 1 aromatic carbocycles. The van der Waals surface area contributed by atoms with Crippen molar-refractivity contribution >= 4 is 23.7 Å². The van der Waals surface area contributed by atoms with Gasteiger partial charge in [-0.1, -0.05) is 25.5 Å². The van der Waals surface area contributed by atoms with Crippen LogP contribution in [0.15, 0.2) is 42.0 Å². The van der Waals surface area contributed by atoms with Crippen molar-refractivity contribution < 1.29 is 58.3 Å². The molecule has 0 heterocycles. The standard InChI is InChI=1S/C34H41NO13/c1-32-12-10-22(36)17-21(32)7-8-23-24-11-13-34(41,33(24,2)18-25(37)29(23)32)28(38)19-46-31(40)48-26-9-6-20(16-27(26)44-3)30(39)45-14-4-5-15-47-35(42)43/h6,9-10,12,16-17,23-25,29,37,41H,4-5,7-8,11,13-15,18-19H2,1-3H3/t23-,24-,25-,29+,32-,33-,34-/m0/s1.